The van der Waals surface area contributed by atoms with Crippen molar-refractivity contribution in [2.45, 2.75) is 213 Å². The minimum Gasteiger partial charge on any atom is -0.756 e. The summed E-state index contributed by atoms with van der Waals surface area (Å²) in [6.45, 7) is 4.09. The summed E-state index contributed by atoms with van der Waals surface area (Å²) < 4.78 is 34.0. The molecular weight excluding hydrogens is 822 g/mol. The summed E-state index contributed by atoms with van der Waals surface area (Å²) in [5.41, 5.74) is 0. The van der Waals surface area contributed by atoms with Gasteiger partial charge in [-0.15, -0.1) is 0 Å². The van der Waals surface area contributed by atoms with E-state index < -0.39 is 32.5 Å². The largest absolute Gasteiger partial charge is 0.756 e. The smallest absolute Gasteiger partial charge is 0.306 e. The number of nitrogens with zero attached hydrogens (tertiary/aromatic N) is 1. The molecule has 0 bridgehead atoms. The summed E-state index contributed by atoms with van der Waals surface area (Å²) in [6.07, 6.45) is 57.9. The van der Waals surface area contributed by atoms with Crippen LogP contribution in [0.5, 0.6) is 0 Å². The molecule has 0 aliphatic heterocycles. The summed E-state index contributed by atoms with van der Waals surface area (Å²) in [6, 6.07) is 0. The second-order valence-electron chi connectivity index (χ2n) is 18.1. The molecule has 0 rings (SSSR count). The second-order valence-corrected chi connectivity index (χ2v) is 19.6. The van der Waals surface area contributed by atoms with E-state index in [9.17, 15) is 19.0 Å². The minimum absolute atomic E-state index is 0.0352. The topological polar surface area (TPSA) is 111 Å². The molecule has 0 aromatic carbocycles. The molecule has 0 fully saturated rings. The maximum atomic E-state index is 12.7. The highest BCUT2D eigenvalue weighted by Gasteiger charge is 2.21. The lowest BCUT2D eigenvalue weighted by Crippen LogP contribution is -2.37. The lowest BCUT2D eigenvalue weighted by molar-refractivity contribution is -0.870. The lowest BCUT2D eigenvalue weighted by Gasteiger charge is -2.28. The van der Waals surface area contributed by atoms with Gasteiger partial charge in [0.2, 0.25) is 0 Å². The minimum atomic E-state index is -4.63. The van der Waals surface area contributed by atoms with Crippen LogP contribution in [0.3, 0.4) is 0 Å². The number of phosphoric ester groups is 1. The van der Waals surface area contributed by atoms with Crippen LogP contribution in [0.4, 0.5) is 0 Å². The van der Waals surface area contributed by atoms with Crippen molar-refractivity contribution < 1.29 is 42.1 Å². The van der Waals surface area contributed by atoms with E-state index in [0.29, 0.717) is 17.4 Å². The summed E-state index contributed by atoms with van der Waals surface area (Å²) in [4.78, 5) is 37.7. The third-order valence-corrected chi connectivity index (χ3v) is 11.7. The summed E-state index contributed by atoms with van der Waals surface area (Å²) in [7, 11) is 1.15. The zero-order valence-electron chi connectivity index (χ0n) is 41.7. The molecule has 0 saturated carbocycles. The summed E-state index contributed by atoms with van der Waals surface area (Å²) in [5.74, 6) is -0.849. The fraction of sp³-hybridized carbons (Fsp3) is 0.741. The van der Waals surface area contributed by atoms with Crippen LogP contribution in [0.2, 0.25) is 0 Å². The molecular formula is C54H96NO8P. The molecule has 10 heteroatoms. The number of unbranched alkanes of at least 4 members (excludes halogenated alkanes) is 20. The maximum absolute atomic E-state index is 12.7. The van der Waals surface area contributed by atoms with Gasteiger partial charge in [0, 0.05) is 12.8 Å². The van der Waals surface area contributed by atoms with Crippen molar-refractivity contribution in [3.63, 3.8) is 0 Å². The summed E-state index contributed by atoms with van der Waals surface area (Å²) in [5, 5.41) is 0. The number of hydrogen-bond donors (Lipinski definition) is 0. The van der Waals surface area contributed by atoms with Crippen LogP contribution < -0.4 is 4.89 Å². The normalized spacial score (nSPS) is 14.0. The van der Waals surface area contributed by atoms with Gasteiger partial charge in [0.25, 0.3) is 7.82 Å². The Labute approximate surface area is 393 Å². The van der Waals surface area contributed by atoms with Crippen LogP contribution in [0.25, 0.3) is 0 Å². The van der Waals surface area contributed by atoms with Gasteiger partial charge in [-0.05, 0) is 83.5 Å². The highest BCUT2D eigenvalue weighted by molar-refractivity contribution is 7.45. The van der Waals surface area contributed by atoms with Crippen LogP contribution in [0.1, 0.15) is 206 Å². The fourth-order valence-corrected chi connectivity index (χ4v) is 7.46. The molecule has 0 aliphatic carbocycles. The Hall–Kier alpha value is -2.55. The molecule has 0 saturated heterocycles. The maximum Gasteiger partial charge on any atom is 0.306 e. The first-order valence-electron chi connectivity index (χ1n) is 25.6. The zero-order valence-corrected chi connectivity index (χ0v) is 42.6. The van der Waals surface area contributed by atoms with Gasteiger partial charge in [0.05, 0.1) is 27.7 Å². The SMILES string of the molecule is CC/C=C\C/C=C\C/C=C\C/C=C\C/C=C\CCCCCCCCCCCCCC(=O)OC(COC(=O)CCCCCCC/C=C\CCCCCC)COP(=O)([O-])OCC[N+](C)(C)C. The first kappa shape index (κ1) is 61.5. The van der Waals surface area contributed by atoms with E-state index in [-0.39, 0.29) is 26.1 Å². The molecule has 2 atom stereocenters. The third-order valence-electron chi connectivity index (χ3n) is 10.7. The van der Waals surface area contributed by atoms with Crippen LogP contribution in [-0.2, 0) is 32.7 Å². The first-order chi connectivity index (χ1) is 31.0. The molecule has 370 valence electrons. The van der Waals surface area contributed by atoms with Gasteiger partial charge in [-0.2, -0.15) is 0 Å². The average Bonchev–Trinajstić information content (AvgIpc) is 3.25. The van der Waals surface area contributed by atoms with Crippen molar-refractivity contribution in [1.29, 1.82) is 0 Å². The average molecular weight is 918 g/mol. The fourth-order valence-electron chi connectivity index (χ4n) is 6.73. The molecule has 0 N–H and O–H groups in total. The van der Waals surface area contributed by atoms with Crippen molar-refractivity contribution >= 4 is 19.8 Å². The standard InChI is InChI=1S/C54H96NO8P/c1-6-8-10-12-14-16-18-20-21-22-23-24-25-26-27-28-29-30-31-32-33-35-37-39-41-43-45-47-54(57)63-52(51-62-64(58,59)61-49-48-55(3,4)5)50-60-53(56)46-44-42-40-38-36-34-19-17-15-13-11-9-7-2/h8,10,14,16-17,19-21,23-24,26-27,52H,6-7,9,11-13,15,18,22,25,28-51H2,1-5H3/b10-8-,16-14-,19-17-,21-20-,24-23-,27-26-. The van der Waals surface area contributed by atoms with E-state index >= 15 is 0 Å². The van der Waals surface area contributed by atoms with Crippen molar-refractivity contribution in [3.05, 3.63) is 72.9 Å². The zero-order chi connectivity index (χ0) is 47.1. The van der Waals surface area contributed by atoms with Gasteiger partial charge < -0.3 is 27.9 Å². The number of hydrogen-bond acceptors (Lipinski definition) is 8. The van der Waals surface area contributed by atoms with E-state index in [1.54, 1.807) is 0 Å². The molecule has 2 unspecified atom stereocenters. The van der Waals surface area contributed by atoms with Crippen LogP contribution in [0, 0.1) is 0 Å². The molecule has 0 heterocycles. The lowest BCUT2D eigenvalue weighted by atomic mass is 10.0. The predicted octanol–water partition coefficient (Wildman–Crippen LogP) is 14.7. The third kappa shape index (κ3) is 48.9. The van der Waals surface area contributed by atoms with Crippen molar-refractivity contribution in [2.24, 2.45) is 0 Å². The second kappa shape index (κ2) is 45.6. The van der Waals surface area contributed by atoms with Gasteiger partial charge in [-0.1, -0.05) is 183 Å². The Balaban J connectivity index is 4.20. The Kier molecular flexibility index (Phi) is 43.8. The predicted molar refractivity (Wildman–Crippen MR) is 268 cm³/mol. The quantitative estimate of drug-likeness (QED) is 0.0195. The Bertz CT molecular complexity index is 1310. The Morgan fingerprint density at radius 1 is 0.500 bits per heavy atom. The highest BCUT2D eigenvalue weighted by atomic mass is 31.2. The van der Waals surface area contributed by atoms with Gasteiger partial charge in [0.1, 0.15) is 19.8 Å². The number of carbonyl (C=O) groups is 2. The van der Waals surface area contributed by atoms with Crippen molar-refractivity contribution in [2.75, 3.05) is 47.5 Å². The molecule has 0 spiro atoms. The number of likely N-dealkylation sites (N-methyl/N-ethyl adjacent to an activating group) is 1. The number of carbonyl (C=O) groups excluding carboxylic acids is 2. The van der Waals surface area contributed by atoms with E-state index in [1.165, 1.54) is 77.0 Å². The molecule has 0 aliphatic rings. The monoisotopic (exact) mass is 918 g/mol. The van der Waals surface area contributed by atoms with E-state index in [2.05, 4.69) is 86.8 Å². The Morgan fingerprint density at radius 2 is 0.891 bits per heavy atom. The molecule has 0 aromatic rings. The van der Waals surface area contributed by atoms with E-state index in [0.717, 1.165) is 96.3 Å². The molecule has 9 nitrogen and oxygen atoms in total. The molecule has 64 heavy (non-hydrogen) atoms. The van der Waals surface area contributed by atoms with Crippen molar-refractivity contribution in [3.8, 4) is 0 Å². The summed E-state index contributed by atoms with van der Waals surface area (Å²) >= 11 is 0. The number of ether oxygens (including phenoxy) is 2. The Morgan fingerprint density at radius 3 is 1.34 bits per heavy atom. The van der Waals surface area contributed by atoms with E-state index in [4.69, 9.17) is 18.5 Å². The first-order valence-corrected chi connectivity index (χ1v) is 27.1. The number of phosphoric acid groups is 1. The molecule has 0 radical (unpaired) electrons. The number of allylic oxidation sites excluding steroid dienone is 12. The number of esters is 2. The van der Waals surface area contributed by atoms with Crippen molar-refractivity contribution in [1.82, 2.24) is 0 Å². The van der Waals surface area contributed by atoms with Crippen LogP contribution in [0.15, 0.2) is 72.9 Å². The molecule has 0 aromatic heterocycles. The van der Waals surface area contributed by atoms with Gasteiger partial charge in [-0.3, -0.25) is 14.2 Å². The van der Waals surface area contributed by atoms with Crippen LogP contribution >= 0.6 is 7.82 Å². The van der Waals surface area contributed by atoms with Gasteiger partial charge in [0.15, 0.2) is 6.10 Å². The van der Waals surface area contributed by atoms with Gasteiger partial charge >= 0.3 is 11.9 Å². The van der Waals surface area contributed by atoms with Crippen LogP contribution in [-0.4, -0.2) is 70.0 Å². The molecule has 0 amide bonds. The number of quaternary nitrogens is 1. The van der Waals surface area contributed by atoms with E-state index in [1.807, 2.05) is 21.1 Å². The van der Waals surface area contributed by atoms with Gasteiger partial charge in [-0.25, -0.2) is 0 Å². The highest BCUT2D eigenvalue weighted by Crippen LogP contribution is 2.38. The number of rotatable bonds is 46.